The highest BCUT2D eigenvalue weighted by atomic mass is 32.1. The van der Waals surface area contributed by atoms with Crippen LogP contribution in [0, 0.1) is 20.8 Å². The van der Waals surface area contributed by atoms with Crippen molar-refractivity contribution in [2.24, 2.45) is 0 Å². The number of hydrogen-bond donors (Lipinski definition) is 1. The Balaban J connectivity index is 2.32. The average molecular weight is 293 g/mol. The summed E-state index contributed by atoms with van der Waals surface area (Å²) in [6, 6.07) is 3.30. The topological polar surface area (TPSA) is 68.5 Å². The van der Waals surface area contributed by atoms with E-state index in [0.717, 1.165) is 10.4 Å². The van der Waals surface area contributed by atoms with Crippen LogP contribution in [0.4, 0.5) is 5.00 Å². The van der Waals surface area contributed by atoms with E-state index in [1.54, 1.807) is 19.1 Å². The van der Waals surface area contributed by atoms with Crippen LogP contribution in [-0.4, -0.2) is 19.0 Å². The molecular formula is C14H15NO4S. The van der Waals surface area contributed by atoms with Gasteiger partial charge in [-0.3, -0.25) is 4.79 Å². The summed E-state index contributed by atoms with van der Waals surface area (Å²) in [4.78, 5) is 24.8. The molecule has 106 valence electrons. The zero-order valence-electron chi connectivity index (χ0n) is 11.7. The molecule has 0 saturated heterocycles. The molecule has 2 heterocycles. The van der Waals surface area contributed by atoms with Crippen molar-refractivity contribution in [3.8, 4) is 0 Å². The number of anilines is 1. The Hall–Kier alpha value is -2.08. The lowest BCUT2D eigenvalue weighted by Crippen LogP contribution is -2.13. The molecule has 0 unspecified atom stereocenters. The zero-order valence-corrected chi connectivity index (χ0v) is 12.5. The predicted molar refractivity (Wildman–Crippen MR) is 76.5 cm³/mol. The van der Waals surface area contributed by atoms with Crippen LogP contribution in [0.3, 0.4) is 0 Å². The molecule has 0 saturated carbocycles. The first kappa shape index (κ1) is 14.3. The molecule has 1 amide bonds. The zero-order chi connectivity index (χ0) is 14.9. The van der Waals surface area contributed by atoms with Gasteiger partial charge in [-0.25, -0.2) is 4.79 Å². The van der Waals surface area contributed by atoms with Crippen molar-refractivity contribution in [2.45, 2.75) is 20.8 Å². The summed E-state index contributed by atoms with van der Waals surface area (Å²) in [5, 5.41) is 3.18. The molecule has 20 heavy (non-hydrogen) atoms. The molecule has 0 radical (unpaired) electrons. The Morgan fingerprint density at radius 2 is 1.95 bits per heavy atom. The van der Waals surface area contributed by atoms with Crippen LogP contribution >= 0.6 is 11.3 Å². The van der Waals surface area contributed by atoms with Gasteiger partial charge in [0.2, 0.25) is 0 Å². The normalized spacial score (nSPS) is 10.4. The second-order valence-electron chi connectivity index (χ2n) is 4.34. The van der Waals surface area contributed by atoms with Gasteiger partial charge in [0.15, 0.2) is 5.76 Å². The number of furan rings is 1. The van der Waals surface area contributed by atoms with E-state index in [2.05, 4.69) is 5.32 Å². The van der Waals surface area contributed by atoms with Gasteiger partial charge >= 0.3 is 5.97 Å². The van der Waals surface area contributed by atoms with Gasteiger partial charge in [0.1, 0.15) is 10.8 Å². The highest BCUT2D eigenvalue weighted by Gasteiger charge is 2.22. The van der Waals surface area contributed by atoms with E-state index >= 15 is 0 Å². The largest absolute Gasteiger partial charge is 0.465 e. The third-order valence-corrected chi connectivity index (χ3v) is 4.09. The Labute approximate surface area is 120 Å². The van der Waals surface area contributed by atoms with Crippen LogP contribution < -0.4 is 5.32 Å². The number of ether oxygens (including phenoxy) is 1. The van der Waals surface area contributed by atoms with Gasteiger partial charge in [-0.2, -0.15) is 0 Å². The fourth-order valence-electron chi connectivity index (χ4n) is 1.78. The third-order valence-electron chi connectivity index (χ3n) is 2.97. The van der Waals surface area contributed by atoms with Gasteiger partial charge < -0.3 is 14.5 Å². The summed E-state index contributed by atoms with van der Waals surface area (Å²) in [7, 11) is 1.32. The summed E-state index contributed by atoms with van der Waals surface area (Å²) in [6.07, 6.45) is 0. The van der Waals surface area contributed by atoms with Gasteiger partial charge in [0.05, 0.1) is 12.7 Å². The molecule has 0 aromatic carbocycles. The van der Waals surface area contributed by atoms with Crippen molar-refractivity contribution < 1.29 is 18.7 Å². The van der Waals surface area contributed by atoms with Crippen LogP contribution in [0.5, 0.6) is 0 Å². The monoisotopic (exact) mass is 293 g/mol. The van der Waals surface area contributed by atoms with E-state index in [1.165, 1.54) is 18.4 Å². The molecule has 6 heteroatoms. The van der Waals surface area contributed by atoms with Gasteiger partial charge in [-0.1, -0.05) is 0 Å². The molecule has 2 aromatic rings. The molecule has 0 atom stereocenters. The second-order valence-corrected chi connectivity index (χ2v) is 5.57. The van der Waals surface area contributed by atoms with Crippen LogP contribution in [0.15, 0.2) is 16.5 Å². The number of esters is 1. The first-order valence-corrected chi connectivity index (χ1v) is 6.81. The minimum Gasteiger partial charge on any atom is -0.465 e. The summed E-state index contributed by atoms with van der Waals surface area (Å²) < 4.78 is 10.0. The van der Waals surface area contributed by atoms with Crippen molar-refractivity contribution in [3.05, 3.63) is 39.7 Å². The maximum absolute atomic E-state index is 12.1. The van der Waals surface area contributed by atoms with Gasteiger partial charge in [0, 0.05) is 4.88 Å². The van der Waals surface area contributed by atoms with Crippen LogP contribution in [0.1, 0.15) is 37.1 Å². The Morgan fingerprint density at radius 3 is 2.50 bits per heavy atom. The SMILES string of the molecule is COC(=O)c1c(NC(=O)c2ccc(C)o2)sc(C)c1C. The molecule has 0 bridgehead atoms. The highest BCUT2D eigenvalue weighted by Crippen LogP contribution is 2.33. The number of rotatable bonds is 3. The Morgan fingerprint density at radius 1 is 1.25 bits per heavy atom. The van der Waals surface area contributed by atoms with E-state index in [9.17, 15) is 9.59 Å². The molecular weight excluding hydrogens is 278 g/mol. The minimum absolute atomic E-state index is 0.210. The number of hydrogen-bond acceptors (Lipinski definition) is 5. The fraction of sp³-hybridized carbons (Fsp3) is 0.286. The first-order chi connectivity index (χ1) is 9.43. The summed E-state index contributed by atoms with van der Waals surface area (Å²) in [5.74, 6) is 0.0196. The Bertz CT molecular complexity index is 669. The van der Waals surface area contributed by atoms with Crippen molar-refractivity contribution in [3.63, 3.8) is 0 Å². The van der Waals surface area contributed by atoms with Gasteiger partial charge in [-0.15, -0.1) is 11.3 Å². The lowest BCUT2D eigenvalue weighted by molar-refractivity contribution is 0.0601. The van der Waals surface area contributed by atoms with Crippen LogP contribution in [0.25, 0.3) is 0 Å². The van der Waals surface area contributed by atoms with E-state index in [-0.39, 0.29) is 11.7 Å². The standard InChI is InChI=1S/C14H15NO4S/c1-7-5-6-10(19-7)12(16)15-13-11(14(17)18-4)8(2)9(3)20-13/h5-6H,1-4H3,(H,15,16). The minimum atomic E-state index is -0.460. The number of carbonyl (C=O) groups excluding carboxylic acids is 2. The number of nitrogens with one attached hydrogen (secondary N) is 1. The van der Waals surface area contributed by atoms with Gasteiger partial charge in [-0.05, 0) is 38.5 Å². The Kier molecular flexibility index (Phi) is 3.94. The molecule has 0 spiro atoms. The quantitative estimate of drug-likeness (QED) is 0.882. The lowest BCUT2D eigenvalue weighted by Gasteiger charge is -2.04. The molecule has 0 aliphatic carbocycles. The maximum Gasteiger partial charge on any atom is 0.341 e. The molecule has 0 aliphatic rings. The lowest BCUT2D eigenvalue weighted by atomic mass is 10.1. The van der Waals surface area contributed by atoms with E-state index < -0.39 is 5.97 Å². The molecule has 0 aliphatic heterocycles. The number of aryl methyl sites for hydroxylation is 2. The molecule has 0 fully saturated rings. The first-order valence-electron chi connectivity index (χ1n) is 6.00. The average Bonchev–Trinajstić information content (AvgIpc) is 2.94. The summed E-state index contributed by atoms with van der Waals surface area (Å²) >= 11 is 1.34. The molecule has 2 aromatic heterocycles. The van der Waals surface area contributed by atoms with E-state index in [4.69, 9.17) is 9.15 Å². The fourth-order valence-corrected chi connectivity index (χ4v) is 2.83. The number of thiophene rings is 1. The van der Waals surface area contributed by atoms with Crippen LogP contribution in [0.2, 0.25) is 0 Å². The third kappa shape index (κ3) is 2.60. The smallest absolute Gasteiger partial charge is 0.341 e. The van der Waals surface area contributed by atoms with Gasteiger partial charge in [0.25, 0.3) is 5.91 Å². The van der Waals surface area contributed by atoms with E-state index in [1.807, 2.05) is 13.8 Å². The summed E-state index contributed by atoms with van der Waals surface area (Å²) in [6.45, 7) is 5.47. The number of amides is 1. The number of carbonyl (C=O) groups is 2. The number of methoxy groups -OCH3 is 1. The van der Waals surface area contributed by atoms with Crippen LogP contribution in [-0.2, 0) is 4.74 Å². The van der Waals surface area contributed by atoms with Crippen molar-refractivity contribution >= 4 is 28.2 Å². The van der Waals surface area contributed by atoms with Crippen molar-refractivity contribution in [1.82, 2.24) is 0 Å². The summed E-state index contributed by atoms with van der Waals surface area (Å²) in [5.41, 5.74) is 1.21. The van der Waals surface area contributed by atoms with E-state index in [0.29, 0.717) is 16.3 Å². The molecule has 5 nitrogen and oxygen atoms in total. The molecule has 2 rings (SSSR count). The maximum atomic E-state index is 12.1. The predicted octanol–water partition coefficient (Wildman–Crippen LogP) is 3.31. The van der Waals surface area contributed by atoms with Crippen molar-refractivity contribution in [2.75, 3.05) is 12.4 Å². The van der Waals surface area contributed by atoms with Crippen molar-refractivity contribution in [1.29, 1.82) is 0 Å². The second kappa shape index (κ2) is 5.50. The highest BCUT2D eigenvalue weighted by molar-refractivity contribution is 7.16. The molecule has 1 N–H and O–H groups in total.